The van der Waals surface area contributed by atoms with Crippen LogP contribution in [0, 0.1) is 11.8 Å². The summed E-state index contributed by atoms with van der Waals surface area (Å²) in [4.78, 5) is 16.5. The van der Waals surface area contributed by atoms with E-state index in [0.717, 1.165) is 32.1 Å². The molecule has 2 rings (SSSR count). The number of piperazine rings is 1. The van der Waals surface area contributed by atoms with Crippen LogP contribution in [0.25, 0.3) is 0 Å². The second-order valence-corrected chi connectivity index (χ2v) is 5.97. The van der Waals surface area contributed by atoms with Gasteiger partial charge in [-0.2, -0.15) is 0 Å². The van der Waals surface area contributed by atoms with Crippen molar-refractivity contribution in [2.24, 2.45) is 11.8 Å². The molecular formula is C14H27N3O. The fourth-order valence-corrected chi connectivity index (χ4v) is 2.95. The molecule has 0 spiro atoms. The number of hydrogen-bond acceptors (Lipinski definition) is 3. The summed E-state index contributed by atoms with van der Waals surface area (Å²) in [6, 6.07) is 0. The predicted octanol–water partition coefficient (Wildman–Crippen LogP) is 0.786. The second kappa shape index (κ2) is 6.53. The molecule has 4 heteroatoms. The zero-order valence-electron chi connectivity index (χ0n) is 11.8. The Labute approximate surface area is 111 Å². The summed E-state index contributed by atoms with van der Waals surface area (Å²) in [5.74, 6) is 1.32. The van der Waals surface area contributed by atoms with E-state index < -0.39 is 0 Å². The van der Waals surface area contributed by atoms with E-state index in [0.29, 0.717) is 5.91 Å². The van der Waals surface area contributed by atoms with Gasteiger partial charge in [0.1, 0.15) is 0 Å². The van der Waals surface area contributed by atoms with Crippen molar-refractivity contribution in [3.63, 3.8) is 0 Å². The quantitative estimate of drug-likeness (QED) is 0.807. The summed E-state index contributed by atoms with van der Waals surface area (Å²) >= 11 is 0. The molecule has 0 unspecified atom stereocenters. The summed E-state index contributed by atoms with van der Waals surface area (Å²) in [5.41, 5.74) is 0. The molecule has 104 valence electrons. The molecule has 2 fully saturated rings. The number of piperidine rings is 1. The van der Waals surface area contributed by atoms with Crippen molar-refractivity contribution in [2.45, 2.75) is 26.7 Å². The lowest BCUT2D eigenvalue weighted by Gasteiger charge is -2.38. The fraction of sp³-hybridized carbons (Fsp3) is 0.929. The van der Waals surface area contributed by atoms with E-state index in [1.807, 2.05) is 18.7 Å². The van der Waals surface area contributed by atoms with Crippen LogP contribution in [-0.4, -0.2) is 61.5 Å². The third-order valence-corrected chi connectivity index (χ3v) is 4.15. The maximum absolute atomic E-state index is 11.9. The largest absolute Gasteiger partial charge is 0.340 e. The summed E-state index contributed by atoms with van der Waals surface area (Å²) in [6.07, 6.45) is 2.62. The summed E-state index contributed by atoms with van der Waals surface area (Å²) in [7, 11) is 0. The minimum atomic E-state index is 0.140. The molecule has 18 heavy (non-hydrogen) atoms. The zero-order valence-corrected chi connectivity index (χ0v) is 11.8. The second-order valence-electron chi connectivity index (χ2n) is 5.97. The van der Waals surface area contributed by atoms with E-state index in [1.54, 1.807) is 0 Å². The SMILES string of the molecule is CC(C)C(=O)N1CCN(CC2CCNCC2)CC1. The predicted molar refractivity (Wildman–Crippen MR) is 73.5 cm³/mol. The van der Waals surface area contributed by atoms with Crippen molar-refractivity contribution in [1.82, 2.24) is 15.1 Å². The normalized spacial score (nSPS) is 23.6. The van der Waals surface area contributed by atoms with Crippen LogP contribution in [0.4, 0.5) is 0 Å². The van der Waals surface area contributed by atoms with Gasteiger partial charge in [-0.05, 0) is 31.8 Å². The van der Waals surface area contributed by atoms with Gasteiger partial charge in [0.05, 0.1) is 0 Å². The highest BCUT2D eigenvalue weighted by Gasteiger charge is 2.24. The highest BCUT2D eigenvalue weighted by molar-refractivity contribution is 5.78. The number of nitrogens with zero attached hydrogens (tertiary/aromatic N) is 2. The van der Waals surface area contributed by atoms with Crippen molar-refractivity contribution in [1.29, 1.82) is 0 Å². The van der Waals surface area contributed by atoms with Gasteiger partial charge in [0.25, 0.3) is 0 Å². The minimum absolute atomic E-state index is 0.140. The van der Waals surface area contributed by atoms with Crippen molar-refractivity contribution < 1.29 is 4.79 Å². The lowest BCUT2D eigenvalue weighted by atomic mass is 9.97. The number of hydrogen-bond donors (Lipinski definition) is 1. The summed E-state index contributed by atoms with van der Waals surface area (Å²) in [5, 5.41) is 3.41. The summed E-state index contributed by atoms with van der Waals surface area (Å²) < 4.78 is 0. The monoisotopic (exact) mass is 253 g/mol. The van der Waals surface area contributed by atoms with Crippen molar-refractivity contribution >= 4 is 5.91 Å². The molecule has 4 nitrogen and oxygen atoms in total. The Morgan fingerprint density at radius 2 is 1.78 bits per heavy atom. The Kier molecular flexibility index (Phi) is 5.01. The van der Waals surface area contributed by atoms with Crippen LogP contribution in [-0.2, 0) is 4.79 Å². The molecular weight excluding hydrogens is 226 g/mol. The van der Waals surface area contributed by atoms with Crippen LogP contribution in [0.5, 0.6) is 0 Å². The molecule has 0 aromatic carbocycles. The van der Waals surface area contributed by atoms with Crippen LogP contribution >= 0.6 is 0 Å². The third-order valence-electron chi connectivity index (χ3n) is 4.15. The molecule has 2 aliphatic heterocycles. The molecule has 2 saturated heterocycles. The van der Waals surface area contributed by atoms with E-state index >= 15 is 0 Å². The lowest BCUT2D eigenvalue weighted by molar-refractivity contribution is -0.136. The topological polar surface area (TPSA) is 35.6 Å². The maximum atomic E-state index is 11.9. The molecule has 1 amide bonds. The molecule has 0 radical (unpaired) electrons. The molecule has 0 aliphatic carbocycles. The highest BCUT2D eigenvalue weighted by Crippen LogP contribution is 2.15. The average molecular weight is 253 g/mol. The highest BCUT2D eigenvalue weighted by atomic mass is 16.2. The van der Waals surface area contributed by atoms with Gasteiger partial charge in [-0.1, -0.05) is 13.8 Å². The molecule has 0 bridgehead atoms. The molecule has 2 aliphatic rings. The Morgan fingerprint density at radius 1 is 1.17 bits per heavy atom. The third kappa shape index (κ3) is 3.69. The number of rotatable bonds is 3. The molecule has 0 saturated carbocycles. The van der Waals surface area contributed by atoms with Gasteiger partial charge >= 0.3 is 0 Å². The van der Waals surface area contributed by atoms with Crippen LogP contribution < -0.4 is 5.32 Å². The number of carbonyl (C=O) groups excluding carboxylic acids is 1. The first kappa shape index (κ1) is 13.8. The maximum Gasteiger partial charge on any atom is 0.225 e. The van der Waals surface area contributed by atoms with Crippen molar-refractivity contribution in [3.05, 3.63) is 0 Å². The van der Waals surface area contributed by atoms with E-state index in [9.17, 15) is 4.79 Å². The Bertz CT molecular complexity index is 266. The lowest BCUT2D eigenvalue weighted by Crippen LogP contribution is -2.51. The minimum Gasteiger partial charge on any atom is -0.340 e. The Morgan fingerprint density at radius 3 is 2.33 bits per heavy atom. The van der Waals surface area contributed by atoms with E-state index in [1.165, 1.54) is 32.5 Å². The molecule has 1 N–H and O–H groups in total. The van der Waals surface area contributed by atoms with Gasteiger partial charge in [0, 0.05) is 38.6 Å². The first-order valence-corrected chi connectivity index (χ1v) is 7.38. The fourth-order valence-electron chi connectivity index (χ4n) is 2.95. The number of nitrogens with one attached hydrogen (secondary N) is 1. The van der Waals surface area contributed by atoms with Gasteiger partial charge in [-0.3, -0.25) is 9.69 Å². The van der Waals surface area contributed by atoms with Gasteiger partial charge in [-0.25, -0.2) is 0 Å². The van der Waals surface area contributed by atoms with Crippen LogP contribution in [0.2, 0.25) is 0 Å². The molecule has 0 aromatic heterocycles. The number of amides is 1. The first-order valence-electron chi connectivity index (χ1n) is 7.38. The van der Waals surface area contributed by atoms with Gasteiger partial charge in [0.2, 0.25) is 5.91 Å². The van der Waals surface area contributed by atoms with Crippen molar-refractivity contribution in [3.8, 4) is 0 Å². The molecule has 0 atom stereocenters. The van der Waals surface area contributed by atoms with Crippen LogP contribution in [0.15, 0.2) is 0 Å². The standard InChI is InChI=1S/C14H27N3O/c1-12(2)14(18)17-9-7-16(8-10-17)11-13-3-5-15-6-4-13/h12-13,15H,3-11H2,1-2H3. The van der Waals surface area contributed by atoms with Gasteiger partial charge in [0.15, 0.2) is 0 Å². The molecule has 0 aromatic rings. The zero-order chi connectivity index (χ0) is 13.0. The van der Waals surface area contributed by atoms with Gasteiger partial charge in [-0.15, -0.1) is 0 Å². The first-order chi connectivity index (χ1) is 8.66. The van der Waals surface area contributed by atoms with E-state index in [2.05, 4.69) is 10.2 Å². The Hall–Kier alpha value is -0.610. The Balaban J connectivity index is 1.71. The average Bonchev–Trinajstić information content (AvgIpc) is 2.40. The summed E-state index contributed by atoms with van der Waals surface area (Å²) in [6.45, 7) is 11.5. The van der Waals surface area contributed by atoms with E-state index in [4.69, 9.17) is 0 Å². The molecule has 2 heterocycles. The van der Waals surface area contributed by atoms with Crippen LogP contribution in [0.1, 0.15) is 26.7 Å². The van der Waals surface area contributed by atoms with E-state index in [-0.39, 0.29) is 5.92 Å². The smallest absolute Gasteiger partial charge is 0.225 e. The van der Waals surface area contributed by atoms with Gasteiger partial charge < -0.3 is 10.2 Å². The van der Waals surface area contributed by atoms with Crippen molar-refractivity contribution in [2.75, 3.05) is 45.8 Å². The number of carbonyl (C=O) groups is 1. The van der Waals surface area contributed by atoms with Crippen LogP contribution in [0.3, 0.4) is 0 Å².